The molecule has 3 nitrogen and oxygen atoms in total. The van der Waals surface area contributed by atoms with Gasteiger partial charge in [-0.15, -0.1) is 0 Å². The lowest BCUT2D eigenvalue weighted by molar-refractivity contribution is 0.270. The molecule has 88 valence electrons. The Bertz CT molecular complexity index is 528. The maximum Gasteiger partial charge on any atom is 0.140 e. The number of nitrogens with zero attached hydrogens (tertiary/aromatic N) is 3. The fraction of sp³-hybridized carbons (Fsp3) is 0.357. The van der Waals surface area contributed by atoms with Crippen LogP contribution in [0, 0.1) is 6.92 Å². The van der Waals surface area contributed by atoms with E-state index < -0.39 is 0 Å². The van der Waals surface area contributed by atoms with Crippen LogP contribution in [0.1, 0.15) is 11.4 Å². The number of aromatic nitrogens is 2. The largest absolute Gasteiger partial charge is 0.325 e. The highest BCUT2D eigenvalue weighted by molar-refractivity contribution is 5.57. The summed E-state index contributed by atoms with van der Waals surface area (Å²) in [6.07, 6.45) is 0. The third-order valence-electron chi connectivity index (χ3n) is 3.43. The van der Waals surface area contributed by atoms with Gasteiger partial charge in [0.25, 0.3) is 0 Å². The smallest absolute Gasteiger partial charge is 0.140 e. The molecule has 0 aliphatic carbocycles. The van der Waals surface area contributed by atoms with Crippen LogP contribution in [0.4, 0.5) is 0 Å². The highest BCUT2D eigenvalue weighted by Crippen LogP contribution is 2.25. The third-order valence-corrected chi connectivity index (χ3v) is 3.43. The Hall–Kier alpha value is -1.61. The van der Waals surface area contributed by atoms with Crippen molar-refractivity contribution in [3.8, 4) is 11.4 Å². The lowest BCUT2D eigenvalue weighted by Crippen LogP contribution is -2.30. The molecule has 2 aromatic rings. The summed E-state index contributed by atoms with van der Waals surface area (Å²) in [6, 6.07) is 10.5. The van der Waals surface area contributed by atoms with E-state index in [0.717, 1.165) is 31.2 Å². The number of benzene rings is 1. The van der Waals surface area contributed by atoms with Gasteiger partial charge in [0.15, 0.2) is 0 Å². The molecular formula is C14H17N3. The zero-order chi connectivity index (χ0) is 11.8. The number of likely N-dealkylation sites (N-methyl/N-ethyl adjacent to an activating group) is 1. The van der Waals surface area contributed by atoms with Crippen molar-refractivity contribution in [2.75, 3.05) is 13.6 Å². The molecule has 3 heteroatoms. The SMILES string of the molecule is Cc1nc(-c2ccccc2)n2c1CN(C)CC2. The number of rotatable bonds is 1. The molecule has 0 atom stereocenters. The van der Waals surface area contributed by atoms with Crippen LogP contribution in [0.5, 0.6) is 0 Å². The predicted molar refractivity (Wildman–Crippen MR) is 68.7 cm³/mol. The first-order valence-electron chi connectivity index (χ1n) is 6.05. The molecule has 2 heterocycles. The Labute approximate surface area is 102 Å². The van der Waals surface area contributed by atoms with Gasteiger partial charge in [0.05, 0.1) is 11.4 Å². The van der Waals surface area contributed by atoms with Crippen molar-refractivity contribution in [1.82, 2.24) is 14.5 Å². The van der Waals surface area contributed by atoms with Crippen molar-refractivity contribution in [1.29, 1.82) is 0 Å². The van der Waals surface area contributed by atoms with E-state index in [1.807, 2.05) is 6.07 Å². The first-order chi connectivity index (χ1) is 8.25. The van der Waals surface area contributed by atoms with E-state index in [1.165, 1.54) is 11.3 Å². The molecule has 0 unspecified atom stereocenters. The molecule has 0 saturated carbocycles. The molecule has 1 aliphatic rings. The fourth-order valence-corrected chi connectivity index (χ4v) is 2.46. The molecule has 1 aromatic heterocycles. The average molecular weight is 227 g/mol. The van der Waals surface area contributed by atoms with Gasteiger partial charge in [-0.1, -0.05) is 30.3 Å². The number of hydrogen-bond donors (Lipinski definition) is 0. The quantitative estimate of drug-likeness (QED) is 0.745. The molecule has 1 aromatic carbocycles. The predicted octanol–water partition coefficient (Wildman–Crippen LogP) is 2.30. The highest BCUT2D eigenvalue weighted by atomic mass is 15.2. The van der Waals surface area contributed by atoms with Gasteiger partial charge in [-0.3, -0.25) is 4.90 Å². The van der Waals surface area contributed by atoms with Gasteiger partial charge in [-0.2, -0.15) is 0 Å². The summed E-state index contributed by atoms with van der Waals surface area (Å²) in [4.78, 5) is 7.08. The second-order valence-corrected chi connectivity index (χ2v) is 4.72. The minimum absolute atomic E-state index is 1.01. The molecular weight excluding hydrogens is 210 g/mol. The van der Waals surface area contributed by atoms with Crippen molar-refractivity contribution < 1.29 is 0 Å². The Morgan fingerprint density at radius 2 is 1.88 bits per heavy atom. The molecule has 0 fully saturated rings. The van der Waals surface area contributed by atoms with Gasteiger partial charge in [0.1, 0.15) is 5.82 Å². The fourth-order valence-electron chi connectivity index (χ4n) is 2.46. The summed E-state index contributed by atoms with van der Waals surface area (Å²) >= 11 is 0. The van der Waals surface area contributed by atoms with E-state index in [0.29, 0.717) is 0 Å². The van der Waals surface area contributed by atoms with Crippen LogP contribution < -0.4 is 0 Å². The third kappa shape index (κ3) is 1.76. The maximum absolute atomic E-state index is 4.73. The molecule has 3 rings (SSSR count). The first kappa shape index (κ1) is 10.5. The topological polar surface area (TPSA) is 21.1 Å². The Morgan fingerprint density at radius 1 is 1.12 bits per heavy atom. The molecule has 1 aliphatic heterocycles. The number of imidazole rings is 1. The van der Waals surface area contributed by atoms with Crippen LogP contribution in [-0.2, 0) is 13.1 Å². The van der Waals surface area contributed by atoms with Crippen molar-refractivity contribution in [3.05, 3.63) is 41.7 Å². The van der Waals surface area contributed by atoms with E-state index in [2.05, 4.69) is 47.7 Å². The lowest BCUT2D eigenvalue weighted by atomic mass is 10.2. The first-order valence-corrected chi connectivity index (χ1v) is 6.05. The van der Waals surface area contributed by atoms with Crippen molar-refractivity contribution in [3.63, 3.8) is 0 Å². The zero-order valence-corrected chi connectivity index (χ0v) is 10.3. The van der Waals surface area contributed by atoms with E-state index >= 15 is 0 Å². The van der Waals surface area contributed by atoms with Crippen LogP contribution in [0.3, 0.4) is 0 Å². The van der Waals surface area contributed by atoms with Gasteiger partial charge in [-0.25, -0.2) is 4.98 Å². The van der Waals surface area contributed by atoms with Gasteiger partial charge in [0, 0.05) is 25.2 Å². The summed E-state index contributed by atoms with van der Waals surface area (Å²) in [7, 11) is 2.16. The van der Waals surface area contributed by atoms with Gasteiger partial charge >= 0.3 is 0 Å². The molecule has 0 N–H and O–H groups in total. The van der Waals surface area contributed by atoms with Crippen LogP contribution >= 0.6 is 0 Å². The van der Waals surface area contributed by atoms with Crippen LogP contribution in [0.2, 0.25) is 0 Å². The average Bonchev–Trinajstić information content (AvgIpc) is 2.68. The zero-order valence-electron chi connectivity index (χ0n) is 10.3. The molecule has 0 spiro atoms. The van der Waals surface area contributed by atoms with Crippen molar-refractivity contribution >= 4 is 0 Å². The van der Waals surface area contributed by atoms with Gasteiger partial charge < -0.3 is 4.57 Å². The molecule has 0 amide bonds. The number of aryl methyl sites for hydroxylation is 1. The second-order valence-electron chi connectivity index (χ2n) is 4.72. The Kier molecular flexibility index (Phi) is 2.48. The molecule has 17 heavy (non-hydrogen) atoms. The van der Waals surface area contributed by atoms with Crippen molar-refractivity contribution in [2.24, 2.45) is 0 Å². The van der Waals surface area contributed by atoms with Crippen molar-refractivity contribution in [2.45, 2.75) is 20.0 Å². The van der Waals surface area contributed by atoms with Gasteiger partial charge in [0.2, 0.25) is 0 Å². The lowest BCUT2D eigenvalue weighted by Gasteiger charge is -2.25. The minimum atomic E-state index is 1.01. The Morgan fingerprint density at radius 3 is 2.65 bits per heavy atom. The molecule has 0 saturated heterocycles. The van der Waals surface area contributed by atoms with E-state index in [4.69, 9.17) is 4.98 Å². The normalized spacial score (nSPS) is 15.9. The standard InChI is InChI=1S/C14H17N3/c1-11-13-10-16(2)8-9-17(13)14(15-11)12-6-4-3-5-7-12/h3-7H,8-10H2,1-2H3. The highest BCUT2D eigenvalue weighted by Gasteiger charge is 2.20. The van der Waals surface area contributed by atoms with Crippen LogP contribution in [-0.4, -0.2) is 28.0 Å². The Balaban J connectivity index is 2.11. The van der Waals surface area contributed by atoms with E-state index in [1.54, 1.807) is 0 Å². The monoisotopic (exact) mass is 227 g/mol. The molecule has 0 bridgehead atoms. The summed E-state index contributed by atoms with van der Waals surface area (Å²) < 4.78 is 2.37. The van der Waals surface area contributed by atoms with Gasteiger partial charge in [-0.05, 0) is 14.0 Å². The maximum atomic E-state index is 4.73. The summed E-state index contributed by atoms with van der Waals surface area (Å²) in [5.74, 6) is 1.12. The number of hydrogen-bond acceptors (Lipinski definition) is 2. The molecule has 0 radical (unpaired) electrons. The summed E-state index contributed by atoms with van der Waals surface area (Å²) in [6.45, 7) is 5.25. The van der Waals surface area contributed by atoms with E-state index in [9.17, 15) is 0 Å². The summed E-state index contributed by atoms with van der Waals surface area (Å²) in [5, 5.41) is 0. The summed E-state index contributed by atoms with van der Waals surface area (Å²) in [5.41, 5.74) is 3.74. The minimum Gasteiger partial charge on any atom is -0.325 e. The van der Waals surface area contributed by atoms with Crippen LogP contribution in [0.15, 0.2) is 30.3 Å². The second kappa shape index (κ2) is 4.00. The van der Waals surface area contributed by atoms with Crippen LogP contribution in [0.25, 0.3) is 11.4 Å². The van der Waals surface area contributed by atoms with E-state index in [-0.39, 0.29) is 0 Å². The number of fused-ring (bicyclic) bond motifs is 1.